The zero-order chi connectivity index (χ0) is 16.0. The summed E-state index contributed by atoms with van der Waals surface area (Å²) in [6.45, 7) is 7.44. The molecule has 0 aliphatic heterocycles. The summed E-state index contributed by atoms with van der Waals surface area (Å²) < 4.78 is 23.2. The number of hydrogen-bond acceptors (Lipinski definition) is 3. The lowest BCUT2D eigenvalue weighted by atomic mass is 9.97. The fourth-order valence-corrected chi connectivity index (χ4v) is 3.81. The first kappa shape index (κ1) is 16.3. The van der Waals surface area contributed by atoms with Crippen LogP contribution in [-0.4, -0.2) is 19.9 Å². The number of carbonyl (C=O) groups excluding carboxylic acids is 1. The van der Waals surface area contributed by atoms with Crippen LogP contribution in [0.25, 0.3) is 0 Å². The highest BCUT2D eigenvalue weighted by molar-refractivity contribution is 8.13. The van der Waals surface area contributed by atoms with Crippen LogP contribution in [0.1, 0.15) is 48.2 Å². The largest absolute Gasteiger partial charge is 0.347 e. The maximum Gasteiger partial charge on any atom is 0.261 e. The molecule has 6 heteroatoms. The van der Waals surface area contributed by atoms with Gasteiger partial charge in [0.15, 0.2) is 0 Å². The zero-order valence-electron chi connectivity index (χ0n) is 12.7. The van der Waals surface area contributed by atoms with Crippen molar-refractivity contribution in [3.63, 3.8) is 0 Å². The number of aryl methyl sites for hydroxylation is 2. The number of carbonyl (C=O) groups is 1. The Morgan fingerprint density at radius 1 is 1.24 bits per heavy atom. The average Bonchev–Trinajstić information content (AvgIpc) is 3.09. The van der Waals surface area contributed by atoms with E-state index in [0.29, 0.717) is 17.0 Å². The normalized spacial score (nSPS) is 15.9. The molecule has 0 heterocycles. The first-order chi connectivity index (χ1) is 9.52. The topological polar surface area (TPSA) is 63.2 Å². The molecule has 1 saturated carbocycles. The molecule has 1 amide bonds. The Labute approximate surface area is 130 Å². The highest BCUT2D eigenvalue weighted by Gasteiger charge is 2.39. The molecule has 0 bridgehead atoms. The molecule has 116 valence electrons. The van der Waals surface area contributed by atoms with Gasteiger partial charge in [-0.2, -0.15) is 0 Å². The Balaban J connectivity index is 2.37. The van der Waals surface area contributed by atoms with Gasteiger partial charge in [-0.05, 0) is 63.6 Å². The maximum atomic E-state index is 12.5. The summed E-state index contributed by atoms with van der Waals surface area (Å²) in [6.07, 6.45) is 2.23. The van der Waals surface area contributed by atoms with Crippen molar-refractivity contribution in [2.45, 2.75) is 51.0 Å². The van der Waals surface area contributed by atoms with Crippen LogP contribution >= 0.6 is 10.7 Å². The summed E-state index contributed by atoms with van der Waals surface area (Å²) in [7, 11) is 1.57. The van der Waals surface area contributed by atoms with Gasteiger partial charge in [0.2, 0.25) is 0 Å². The lowest BCUT2D eigenvalue weighted by Gasteiger charge is -2.26. The molecule has 0 aromatic heterocycles. The lowest BCUT2D eigenvalue weighted by Crippen LogP contribution is -2.45. The molecule has 1 aliphatic carbocycles. The van der Waals surface area contributed by atoms with Crippen LogP contribution in [0.2, 0.25) is 0 Å². The second-order valence-electron chi connectivity index (χ2n) is 6.32. The standard InChI is InChI=1S/C15H20ClNO3S/c1-9-7-10(2)13(21(16,19)20)8-12(9)14(18)17-15(3,4)11-5-6-11/h7-8,11H,5-6H2,1-4H3,(H,17,18). The van der Waals surface area contributed by atoms with Crippen molar-refractivity contribution in [1.82, 2.24) is 5.32 Å². The molecule has 1 fully saturated rings. The smallest absolute Gasteiger partial charge is 0.261 e. The van der Waals surface area contributed by atoms with Crippen LogP contribution in [0.4, 0.5) is 0 Å². The van der Waals surface area contributed by atoms with Gasteiger partial charge < -0.3 is 5.32 Å². The van der Waals surface area contributed by atoms with E-state index in [-0.39, 0.29) is 16.3 Å². The van der Waals surface area contributed by atoms with E-state index in [4.69, 9.17) is 10.7 Å². The summed E-state index contributed by atoms with van der Waals surface area (Å²) >= 11 is 0. The average molecular weight is 330 g/mol. The highest BCUT2D eigenvalue weighted by Crippen LogP contribution is 2.39. The lowest BCUT2D eigenvalue weighted by molar-refractivity contribution is 0.0902. The molecule has 1 N–H and O–H groups in total. The van der Waals surface area contributed by atoms with E-state index in [1.165, 1.54) is 6.07 Å². The van der Waals surface area contributed by atoms with Gasteiger partial charge in [-0.1, -0.05) is 6.07 Å². The van der Waals surface area contributed by atoms with Gasteiger partial charge in [-0.25, -0.2) is 8.42 Å². The fraction of sp³-hybridized carbons (Fsp3) is 0.533. The van der Waals surface area contributed by atoms with E-state index in [0.717, 1.165) is 18.4 Å². The second kappa shape index (κ2) is 5.29. The molecular weight excluding hydrogens is 310 g/mol. The number of halogens is 1. The number of nitrogens with one attached hydrogen (secondary N) is 1. The Kier molecular flexibility index (Phi) is 4.10. The van der Waals surface area contributed by atoms with Crippen molar-refractivity contribution < 1.29 is 13.2 Å². The number of hydrogen-bond donors (Lipinski definition) is 1. The quantitative estimate of drug-likeness (QED) is 0.863. The van der Waals surface area contributed by atoms with E-state index in [9.17, 15) is 13.2 Å². The van der Waals surface area contributed by atoms with Crippen LogP contribution in [0, 0.1) is 19.8 Å². The Morgan fingerprint density at radius 3 is 2.29 bits per heavy atom. The van der Waals surface area contributed by atoms with E-state index >= 15 is 0 Å². The third-order valence-corrected chi connectivity index (χ3v) is 5.53. The monoisotopic (exact) mass is 329 g/mol. The summed E-state index contributed by atoms with van der Waals surface area (Å²) in [5, 5.41) is 3.00. The molecule has 2 rings (SSSR count). The molecule has 0 unspecified atom stereocenters. The van der Waals surface area contributed by atoms with Gasteiger partial charge in [-0.3, -0.25) is 4.79 Å². The minimum absolute atomic E-state index is 0.0101. The Morgan fingerprint density at radius 2 is 1.81 bits per heavy atom. The SMILES string of the molecule is Cc1cc(C)c(S(=O)(=O)Cl)cc1C(=O)NC(C)(C)C1CC1. The second-order valence-corrected chi connectivity index (χ2v) is 8.85. The van der Waals surface area contributed by atoms with Crippen LogP contribution in [-0.2, 0) is 9.05 Å². The Bertz CT molecular complexity index is 691. The minimum Gasteiger partial charge on any atom is -0.347 e. The molecule has 0 atom stereocenters. The summed E-state index contributed by atoms with van der Waals surface area (Å²) in [5.74, 6) is 0.231. The number of amides is 1. The minimum atomic E-state index is -3.86. The maximum absolute atomic E-state index is 12.5. The summed E-state index contributed by atoms with van der Waals surface area (Å²) in [4.78, 5) is 12.4. The molecule has 0 spiro atoms. The van der Waals surface area contributed by atoms with E-state index in [1.807, 2.05) is 13.8 Å². The van der Waals surface area contributed by atoms with Crippen LogP contribution < -0.4 is 5.32 Å². The summed E-state index contributed by atoms with van der Waals surface area (Å²) in [6, 6.07) is 3.04. The third-order valence-electron chi connectivity index (χ3n) is 4.06. The van der Waals surface area contributed by atoms with E-state index in [2.05, 4.69) is 5.32 Å². The molecule has 1 aliphatic rings. The molecule has 0 radical (unpaired) electrons. The zero-order valence-corrected chi connectivity index (χ0v) is 14.2. The van der Waals surface area contributed by atoms with Gasteiger partial charge in [0.25, 0.3) is 15.0 Å². The van der Waals surface area contributed by atoms with Crippen LogP contribution in [0.3, 0.4) is 0 Å². The predicted molar refractivity (Wildman–Crippen MR) is 83.2 cm³/mol. The molecule has 21 heavy (non-hydrogen) atoms. The van der Waals surface area contributed by atoms with Crippen molar-refractivity contribution in [2.75, 3.05) is 0 Å². The van der Waals surface area contributed by atoms with Gasteiger partial charge in [0.1, 0.15) is 0 Å². The first-order valence-corrected chi connectivity index (χ1v) is 9.22. The third kappa shape index (κ3) is 3.58. The van der Waals surface area contributed by atoms with Gasteiger partial charge in [0, 0.05) is 21.8 Å². The molecule has 0 saturated heterocycles. The number of rotatable bonds is 4. The van der Waals surface area contributed by atoms with Crippen molar-refractivity contribution in [1.29, 1.82) is 0 Å². The van der Waals surface area contributed by atoms with E-state index in [1.54, 1.807) is 19.9 Å². The molecule has 4 nitrogen and oxygen atoms in total. The van der Waals surface area contributed by atoms with Crippen LogP contribution in [0.5, 0.6) is 0 Å². The van der Waals surface area contributed by atoms with Crippen molar-refractivity contribution in [3.05, 3.63) is 28.8 Å². The van der Waals surface area contributed by atoms with Gasteiger partial charge in [0.05, 0.1) is 4.90 Å². The van der Waals surface area contributed by atoms with Crippen molar-refractivity contribution in [2.24, 2.45) is 5.92 Å². The van der Waals surface area contributed by atoms with Gasteiger partial charge in [-0.15, -0.1) is 0 Å². The van der Waals surface area contributed by atoms with Gasteiger partial charge >= 0.3 is 0 Å². The molecule has 1 aromatic carbocycles. The van der Waals surface area contributed by atoms with E-state index < -0.39 is 9.05 Å². The van der Waals surface area contributed by atoms with Crippen molar-refractivity contribution >= 4 is 25.6 Å². The first-order valence-electron chi connectivity index (χ1n) is 6.91. The Hall–Kier alpha value is -1.07. The van der Waals surface area contributed by atoms with Crippen molar-refractivity contribution in [3.8, 4) is 0 Å². The predicted octanol–water partition coefficient (Wildman–Crippen LogP) is 3.15. The molecule has 1 aromatic rings. The fourth-order valence-electron chi connectivity index (χ4n) is 2.61. The molecular formula is C15H20ClNO3S. The highest BCUT2D eigenvalue weighted by atomic mass is 35.7. The number of benzene rings is 1. The summed E-state index contributed by atoms with van der Waals surface area (Å²) in [5.41, 5.74) is 1.35. The van der Waals surface area contributed by atoms with Crippen LogP contribution in [0.15, 0.2) is 17.0 Å².